The number of nitrogens with one attached hydrogen (secondary N) is 1. The van der Waals surface area contributed by atoms with Gasteiger partial charge in [0.25, 0.3) is 0 Å². The number of hydrogen-bond donors (Lipinski definition) is 2. The summed E-state index contributed by atoms with van der Waals surface area (Å²) >= 11 is 0. The molecule has 6 nitrogen and oxygen atoms in total. The van der Waals surface area contributed by atoms with E-state index in [0.717, 1.165) is 6.42 Å². The Hall–Kier alpha value is -2.21. The van der Waals surface area contributed by atoms with Gasteiger partial charge in [-0.1, -0.05) is 30.3 Å². The normalized spacial score (nSPS) is 12.1. The van der Waals surface area contributed by atoms with Crippen LogP contribution in [-0.2, 0) is 24.8 Å². The lowest BCUT2D eigenvalue weighted by molar-refractivity contribution is -0.122. The molecule has 0 aliphatic heterocycles. The van der Waals surface area contributed by atoms with Gasteiger partial charge >= 0.3 is 0 Å². The fourth-order valence-corrected chi connectivity index (χ4v) is 1.86. The van der Waals surface area contributed by atoms with E-state index in [1.807, 2.05) is 37.4 Å². The molecule has 2 rings (SSSR count). The molecule has 0 fully saturated rings. The zero-order valence-electron chi connectivity index (χ0n) is 11.5. The highest BCUT2D eigenvalue weighted by Gasteiger charge is 2.13. The van der Waals surface area contributed by atoms with Crippen molar-refractivity contribution in [3.8, 4) is 0 Å². The van der Waals surface area contributed by atoms with Crippen molar-refractivity contribution in [2.75, 3.05) is 0 Å². The fourth-order valence-electron chi connectivity index (χ4n) is 1.86. The quantitative estimate of drug-likeness (QED) is 0.797. The number of benzene rings is 1. The van der Waals surface area contributed by atoms with Crippen molar-refractivity contribution in [1.82, 2.24) is 20.1 Å². The van der Waals surface area contributed by atoms with Gasteiger partial charge in [0.05, 0.1) is 12.6 Å². The van der Waals surface area contributed by atoms with Crippen LogP contribution in [0.5, 0.6) is 0 Å². The Kier molecular flexibility index (Phi) is 4.84. The van der Waals surface area contributed by atoms with Crippen molar-refractivity contribution in [1.29, 1.82) is 0 Å². The van der Waals surface area contributed by atoms with E-state index >= 15 is 0 Å². The molecule has 0 bridgehead atoms. The number of aromatic nitrogens is 3. The summed E-state index contributed by atoms with van der Waals surface area (Å²) in [6, 6.07) is 9.48. The van der Waals surface area contributed by atoms with Crippen LogP contribution in [0.25, 0.3) is 0 Å². The highest BCUT2D eigenvalue weighted by atomic mass is 16.2. The van der Waals surface area contributed by atoms with Crippen molar-refractivity contribution in [3.63, 3.8) is 0 Å². The second kappa shape index (κ2) is 6.81. The van der Waals surface area contributed by atoms with E-state index in [-0.39, 0.29) is 5.91 Å². The molecule has 0 radical (unpaired) electrons. The molecule has 2 aromatic rings. The summed E-state index contributed by atoms with van der Waals surface area (Å²) in [5.41, 5.74) is 7.07. The molecule has 1 aromatic heterocycles. The minimum Gasteiger partial charge on any atom is -0.347 e. The summed E-state index contributed by atoms with van der Waals surface area (Å²) < 4.78 is 1.76. The van der Waals surface area contributed by atoms with E-state index < -0.39 is 6.04 Å². The minimum absolute atomic E-state index is 0.163. The summed E-state index contributed by atoms with van der Waals surface area (Å²) in [6.45, 7) is 0.342. The number of hydrogen-bond acceptors (Lipinski definition) is 4. The van der Waals surface area contributed by atoms with Crippen molar-refractivity contribution < 1.29 is 4.79 Å². The predicted molar refractivity (Wildman–Crippen MR) is 75.6 cm³/mol. The molecular formula is C14H19N5O. The molecule has 0 saturated heterocycles. The van der Waals surface area contributed by atoms with Gasteiger partial charge in [0.15, 0.2) is 5.82 Å². The van der Waals surface area contributed by atoms with E-state index in [1.165, 1.54) is 5.56 Å². The first kappa shape index (κ1) is 14.2. The number of carbonyl (C=O) groups excluding carboxylic acids is 1. The van der Waals surface area contributed by atoms with E-state index in [0.29, 0.717) is 18.8 Å². The number of carbonyl (C=O) groups is 1. The summed E-state index contributed by atoms with van der Waals surface area (Å²) in [5.74, 6) is 0.539. The third-order valence-corrected chi connectivity index (χ3v) is 3.15. The second-order valence-electron chi connectivity index (χ2n) is 4.71. The zero-order valence-corrected chi connectivity index (χ0v) is 11.5. The predicted octanol–water partition coefficient (Wildman–Crippen LogP) is 0.391. The summed E-state index contributed by atoms with van der Waals surface area (Å²) in [4.78, 5) is 11.9. The van der Waals surface area contributed by atoms with Gasteiger partial charge < -0.3 is 15.6 Å². The van der Waals surface area contributed by atoms with Crippen LogP contribution in [0.4, 0.5) is 0 Å². The Morgan fingerprint density at radius 3 is 2.80 bits per heavy atom. The Balaban J connectivity index is 1.76. The van der Waals surface area contributed by atoms with Crippen LogP contribution in [0.2, 0.25) is 0 Å². The van der Waals surface area contributed by atoms with Gasteiger partial charge in [-0.05, 0) is 18.4 Å². The van der Waals surface area contributed by atoms with Crippen molar-refractivity contribution in [2.45, 2.75) is 25.4 Å². The standard InChI is InChI=1S/C14H19N5O/c1-19-10-17-18-13(19)9-16-14(20)12(15)8-7-11-5-3-2-4-6-11/h2-6,10,12H,7-9,15H2,1H3,(H,16,20)/t12-/m0/s1. The molecule has 106 valence electrons. The highest BCUT2D eigenvalue weighted by Crippen LogP contribution is 2.04. The first-order valence-electron chi connectivity index (χ1n) is 6.57. The van der Waals surface area contributed by atoms with Gasteiger partial charge in [-0.25, -0.2) is 0 Å². The first-order chi connectivity index (χ1) is 9.66. The fraction of sp³-hybridized carbons (Fsp3) is 0.357. The van der Waals surface area contributed by atoms with Crippen LogP contribution in [0, 0.1) is 0 Å². The van der Waals surface area contributed by atoms with Crippen LogP contribution in [-0.4, -0.2) is 26.7 Å². The molecule has 6 heteroatoms. The largest absolute Gasteiger partial charge is 0.347 e. The molecule has 1 heterocycles. The molecule has 0 unspecified atom stereocenters. The van der Waals surface area contributed by atoms with Gasteiger partial charge in [-0.3, -0.25) is 4.79 Å². The first-order valence-corrected chi connectivity index (χ1v) is 6.57. The molecule has 0 spiro atoms. The lowest BCUT2D eigenvalue weighted by Gasteiger charge is -2.12. The monoisotopic (exact) mass is 273 g/mol. The maximum absolute atomic E-state index is 11.9. The zero-order chi connectivity index (χ0) is 14.4. The Labute approximate surface area is 118 Å². The van der Waals surface area contributed by atoms with Crippen LogP contribution >= 0.6 is 0 Å². The van der Waals surface area contributed by atoms with Crippen LogP contribution in [0.1, 0.15) is 17.8 Å². The van der Waals surface area contributed by atoms with E-state index in [1.54, 1.807) is 10.9 Å². The average Bonchev–Trinajstić information content (AvgIpc) is 2.88. The van der Waals surface area contributed by atoms with Crippen molar-refractivity contribution in [2.24, 2.45) is 12.8 Å². The summed E-state index contributed by atoms with van der Waals surface area (Å²) in [5, 5.41) is 10.4. The summed E-state index contributed by atoms with van der Waals surface area (Å²) in [6.07, 6.45) is 3.00. The lowest BCUT2D eigenvalue weighted by Crippen LogP contribution is -2.40. The topological polar surface area (TPSA) is 85.8 Å². The number of rotatable bonds is 6. The molecule has 1 amide bonds. The van der Waals surface area contributed by atoms with Crippen LogP contribution in [0.15, 0.2) is 36.7 Å². The van der Waals surface area contributed by atoms with Gasteiger partial charge in [-0.15, -0.1) is 10.2 Å². The van der Waals surface area contributed by atoms with Gasteiger partial charge in [-0.2, -0.15) is 0 Å². The highest BCUT2D eigenvalue weighted by molar-refractivity contribution is 5.81. The number of nitrogens with two attached hydrogens (primary N) is 1. The van der Waals surface area contributed by atoms with E-state index in [4.69, 9.17) is 5.73 Å². The Bertz CT molecular complexity index is 552. The Morgan fingerprint density at radius 1 is 1.40 bits per heavy atom. The third kappa shape index (κ3) is 3.89. The average molecular weight is 273 g/mol. The number of amides is 1. The van der Waals surface area contributed by atoms with Crippen LogP contribution in [0.3, 0.4) is 0 Å². The van der Waals surface area contributed by atoms with Gasteiger partial charge in [0.1, 0.15) is 6.33 Å². The van der Waals surface area contributed by atoms with Crippen LogP contribution < -0.4 is 11.1 Å². The van der Waals surface area contributed by atoms with Gasteiger partial charge in [0.2, 0.25) is 5.91 Å². The molecule has 20 heavy (non-hydrogen) atoms. The molecule has 3 N–H and O–H groups in total. The molecule has 0 aliphatic rings. The molecule has 0 aliphatic carbocycles. The SMILES string of the molecule is Cn1cnnc1CNC(=O)[C@@H](N)CCc1ccccc1. The van der Waals surface area contributed by atoms with E-state index in [2.05, 4.69) is 15.5 Å². The second-order valence-corrected chi connectivity index (χ2v) is 4.71. The van der Waals surface area contributed by atoms with Gasteiger partial charge in [0, 0.05) is 7.05 Å². The minimum atomic E-state index is -0.511. The van der Waals surface area contributed by atoms with Crippen molar-refractivity contribution in [3.05, 3.63) is 48.0 Å². The summed E-state index contributed by atoms with van der Waals surface area (Å²) in [7, 11) is 1.83. The number of nitrogens with zero attached hydrogens (tertiary/aromatic N) is 3. The maximum Gasteiger partial charge on any atom is 0.237 e. The molecular weight excluding hydrogens is 254 g/mol. The Morgan fingerprint density at radius 2 is 2.15 bits per heavy atom. The lowest BCUT2D eigenvalue weighted by atomic mass is 10.1. The van der Waals surface area contributed by atoms with Crippen molar-refractivity contribution >= 4 is 5.91 Å². The van der Waals surface area contributed by atoms with E-state index in [9.17, 15) is 4.79 Å². The molecule has 1 aromatic carbocycles. The smallest absolute Gasteiger partial charge is 0.237 e. The molecule has 0 saturated carbocycles. The molecule has 1 atom stereocenters. The third-order valence-electron chi connectivity index (χ3n) is 3.15. The maximum atomic E-state index is 11.9. The number of aryl methyl sites for hydroxylation is 2.